The van der Waals surface area contributed by atoms with Gasteiger partial charge in [0.2, 0.25) is 0 Å². The summed E-state index contributed by atoms with van der Waals surface area (Å²) in [6.45, 7) is 0.618. The van der Waals surface area contributed by atoms with E-state index in [9.17, 15) is 9.18 Å². The molecule has 2 aromatic rings. The van der Waals surface area contributed by atoms with Crippen molar-refractivity contribution in [2.45, 2.75) is 5.37 Å². The zero-order chi connectivity index (χ0) is 16.2. The van der Waals surface area contributed by atoms with Gasteiger partial charge in [0.25, 0.3) is 0 Å². The SMILES string of the molecule is COc1cccc([C@H]2SCCN2C(=O)Nc2ccccc2F)c1. The van der Waals surface area contributed by atoms with Crippen LogP contribution in [-0.4, -0.2) is 30.3 Å². The quantitative estimate of drug-likeness (QED) is 0.919. The van der Waals surface area contributed by atoms with E-state index in [0.717, 1.165) is 17.1 Å². The van der Waals surface area contributed by atoms with Crippen LogP contribution in [0.4, 0.5) is 14.9 Å². The van der Waals surface area contributed by atoms with Gasteiger partial charge in [0.15, 0.2) is 0 Å². The number of rotatable bonds is 3. The number of benzene rings is 2. The Hall–Kier alpha value is -2.21. The minimum atomic E-state index is -0.439. The maximum atomic E-state index is 13.7. The van der Waals surface area contributed by atoms with E-state index in [4.69, 9.17) is 4.74 Å². The lowest BCUT2D eigenvalue weighted by atomic mass is 10.2. The zero-order valence-electron chi connectivity index (χ0n) is 12.7. The number of nitrogens with one attached hydrogen (secondary N) is 1. The zero-order valence-corrected chi connectivity index (χ0v) is 13.5. The van der Waals surface area contributed by atoms with Gasteiger partial charge in [-0.05, 0) is 29.8 Å². The van der Waals surface area contributed by atoms with Crippen LogP contribution in [0.5, 0.6) is 5.75 Å². The van der Waals surface area contributed by atoms with E-state index in [1.54, 1.807) is 42.0 Å². The standard InChI is InChI=1S/C17H17FN2O2S/c1-22-13-6-4-5-12(11-13)16-20(9-10-23-16)17(21)19-15-8-3-2-7-14(15)18/h2-8,11,16H,9-10H2,1H3,(H,19,21)/t16-/m1/s1. The molecule has 2 amide bonds. The van der Waals surface area contributed by atoms with E-state index in [1.165, 1.54) is 6.07 Å². The maximum absolute atomic E-state index is 13.7. The monoisotopic (exact) mass is 332 g/mol. The van der Waals surface area contributed by atoms with Gasteiger partial charge in [0, 0.05) is 12.3 Å². The highest BCUT2D eigenvalue weighted by Crippen LogP contribution is 2.39. The Morgan fingerprint density at radius 1 is 1.30 bits per heavy atom. The summed E-state index contributed by atoms with van der Waals surface area (Å²) in [5.74, 6) is 1.15. The summed E-state index contributed by atoms with van der Waals surface area (Å²) in [4.78, 5) is 14.2. The number of urea groups is 1. The van der Waals surface area contributed by atoms with Crippen LogP contribution in [-0.2, 0) is 0 Å². The molecule has 2 aromatic carbocycles. The summed E-state index contributed by atoms with van der Waals surface area (Å²) in [7, 11) is 1.61. The number of carbonyl (C=O) groups excluding carboxylic acids is 1. The molecule has 0 radical (unpaired) electrons. The summed E-state index contributed by atoms with van der Waals surface area (Å²) >= 11 is 1.68. The molecule has 1 saturated heterocycles. The van der Waals surface area contributed by atoms with Crippen molar-refractivity contribution in [3.63, 3.8) is 0 Å². The first kappa shape index (κ1) is 15.7. The number of hydrogen-bond acceptors (Lipinski definition) is 3. The van der Waals surface area contributed by atoms with Gasteiger partial charge in [-0.2, -0.15) is 0 Å². The molecular weight excluding hydrogens is 315 g/mol. The number of carbonyl (C=O) groups is 1. The molecule has 0 unspecified atom stereocenters. The molecule has 1 aliphatic heterocycles. The van der Waals surface area contributed by atoms with Crippen molar-refractivity contribution in [3.8, 4) is 5.75 Å². The van der Waals surface area contributed by atoms with Crippen LogP contribution in [0.3, 0.4) is 0 Å². The van der Waals surface area contributed by atoms with Crippen molar-refractivity contribution >= 4 is 23.5 Å². The first-order chi connectivity index (χ1) is 11.2. The smallest absolute Gasteiger partial charge is 0.323 e. The van der Waals surface area contributed by atoms with Crippen LogP contribution >= 0.6 is 11.8 Å². The van der Waals surface area contributed by atoms with Crippen molar-refractivity contribution in [1.29, 1.82) is 0 Å². The van der Waals surface area contributed by atoms with Crippen molar-refractivity contribution in [2.75, 3.05) is 24.7 Å². The molecule has 3 rings (SSSR count). The Morgan fingerprint density at radius 2 is 2.13 bits per heavy atom. The molecule has 0 saturated carbocycles. The number of nitrogens with zero attached hydrogens (tertiary/aromatic N) is 1. The topological polar surface area (TPSA) is 41.6 Å². The molecule has 0 spiro atoms. The predicted octanol–water partition coefficient (Wildman–Crippen LogP) is 4.11. The van der Waals surface area contributed by atoms with Gasteiger partial charge in [0.05, 0.1) is 12.8 Å². The molecule has 1 N–H and O–H groups in total. The molecule has 23 heavy (non-hydrogen) atoms. The summed E-state index contributed by atoms with van der Waals surface area (Å²) in [5.41, 5.74) is 1.19. The third kappa shape index (κ3) is 3.42. The fourth-order valence-electron chi connectivity index (χ4n) is 2.50. The van der Waals surface area contributed by atoms with E-state index in [0.29, 0.717) is 6.54 Å². The van der Waals surface area contributed by atoms with Gasteiger partial charge < -0.3 is 15.0 Å². The molecular formula is C17H17FN2O2S. The van der Waals surface area contributed by atoms with Crippen molar-refractivity contribution in [3.05, 3.63) is 59.9 Å². The molecule has 4 nitrogen and oxygen atoms in total. The third-order valence-electron chi connectivity index (χ3n) is 3.65. The molecule has 0 bridgehead atoms. The number of thioether (sulfide) groups is 1. The molecule has 0 aromatic heterocycles. The van der Waals surface area contributed by atoms with Gasteiger partial charge in [-0.3, -0.25) is 0 Å². The van der Waals surface area contributed by atoms with Gasteiger partial charge >= 0.3 is 6.03 Å². The number of ether oxygens (including phenoxy) is 1. The Morgan fingerprint density at radius 3 is 2.91 bits per heavy atom. The average Bonchev–Trinajstić information content (AvgIpc) is 3.07. The first-order valence-corrected chi connectivity index (χ1v) is 8.31. The maximum Gasteiger partial charge on any atom is 0.323 e. The summed E-state index contributed by atoms with van der Waals surface area (Å²) in [6, 6.07) is 13.5. The minimum absolute atomic E-state index is 0.100. The van der Waals surface area contributed by atoms with E-state index in [2.05, 4.69) is 5.32 Å². The second kappa shape index (κ2) is 6.91. The molecule has 1 heterocycles. The number of amides is 2. The van der Waals surface area contributed by atoms with Gasteiger partial charge in [-0.25, -0.2) is 9.18 Å². The van der Waals surface area contributed by atoms with E-state index < -0.39 is 5.82 Å². The molecule has 6 heteroatoms. The average molecular weight is 332 g/mol. The Bertz CT molecular complexity index is 710. The van der Waals surface area contributed by atoms with Gasteiger partial charge in [0.1, 0.15) is 16.9 Å². The first-order valence-electron chi connectivity index (χ1n) is 7.27. The Kier molecular flexibility index (Phi) is 4.71. The van der Waals surface area contributed by atoms with E-state index >= 15 is 0 Å². The van der Waals surface area contributed by atoms with E-state index in [-0.39, 0.29) is 17.1 Å². The number of methoxy groups -OCH3 is 1. The number of anilines is 1. The minimum Gasteiger partial charge on any atom is -0.497 e. The second-order valence-corrected chi connectivity index (χ2v) is 6.29. The summed E-state index contributed by atoms with van der Waals surface area (Å²) in [6.07, 6.45) is 0. The van der Waals surface area contributed by atoms with Crippen LogP contribution in [0, 0.1) is 5.82 Å². The van der Waals surface area contributed by atoms with Crippen LogP contribution in [0.1, 0.15) is 10.9 Å². The van der Waals surface area contributed by atoms with Crippen LogP contribution in [0.25, 0.3) is 0 Å². The fourth-order valence-corrected chi connectivity index (χ4v) is 3.74. The van der Waals surface area contributed by atoms with Crippen LogP contribution < -0.4 is 10.1 Å². The predicted molar refractivity (Wildman–Crippen MR) is 90.3 cm³/mol. The molecule has 1 atom stereocenters. The second-order valence-electron chi connectivity index (χ2n) is 5.10. The summed E-state index contributed by atoms with van der Waals surface area (Å²) < 4.78 is 18.9. The van der Waals surface area contributed by atoms with E-state index in [1.807, 2.05) is 24.3 Å². The number of hydrogen-bond donors (Lipinski definition) is 1. The normalized spacial score (nSPS) is 17.1. The molecule has 120 valence electrons. The van der Waals surface area contributed by atoms with Gasteiger partial charge in [-0.1, -0.05) is 24.3 Å². The van der Waals surface area contributed by atoms with Gasteiger partial charge in [-0.15, -0.1) is 11.8 Å². The van der Waals surface area contributed by atoms with Crippen molar-refractivity contribution in [1.82, 2.24) is 4.90 Å². The lowest BCUT2D eigenvalue weighted by Crippen LogP contribution is -2.34. The third-order valence-corrected chi connectivity index (χ3v) is 4.91. The summed E-state index contributed by atoms with van der Waals surface area (Å²) in [5, 5.41) is 2.55. The highest BCUT2D eigenvalue weighted by atomic mass is 32.2. The lowest BCUT2D eigenvalue weighted by molar-refractivity contribution is 0.214. The molecule has 1 aliphatic rings. The van der Waals surface area contributed by atoms with Crippen molar-refractivity contribution in [2.24, 2.45) is 0 Å². The number of para-hydroxylation sites is 1. The molecule has 0 aliphatic carbocycles. The largest absolute Gasteiger partial charge is 0.497 e. The van der Waals surface area contributed by atoms with Crippen LogP contribution in [0.15, 0.2) is 48.5 Å². The van der Waals surface area contributed by atoms with Crippen molar-refractivity contribution < 1.29 is 13.9 Å². The fraction of sp³-hybridized carbons (Fsp3) is 0.235. The highest BCUT2D eigenvalue weighted by Gasteiger charge is 2.31. The lowest BCUT2D eigenvalue weighted by Gasteiger charge is -2.24. The Labute approximate surface area is 138 Å². The Balaban J connectivity index is 1.78. The molecule has 1 fully saturated rings. The van der Waals surface area contributed by atoms with Crippen LogP contribution in [0.2, 0.25) is 0 Å². The number of halogens is 1. The highest BCUT2D eigenvalue weighted by molar-refractivity contribution is 7.99.